The van der Waals surface area contributed by atoms with E-state index in [-0.39, 0.29) is 5.82 Å². The Labute approximate surface area is 159 Å². The normalized spacial score (nSPS) is 29.5. The fraction of sp³-hybridized carbons (Fsp3) is 0.667. The topological polar surface area (TPSA) is 9.23 Å². The van der Waals surface area contributed by atoms with Gasteiger partial charge in [0.1, 0.15) is 5.82 Å². The monoisotopic (exact) mass is 358 g/mol. The lowest BCUT2D eigenvalue weighted by Gasteiger charge is -2.38. The number of benzene rings is 1. The van der Waals surface area contributed by atoms with Crippen molar-refractivity contribution in [2.24, 2.45) is 17.8 Å². The summed E-state index contributed by atoms with van der Waals surface area (Å²) in [6, 6.07) is 5.78. The zero-order chi connectivity index (χ0) is 18.4. The van der Waals surface area contributed by atoms with E-state index < -0.39 is 0 Å². The van der Waals surface area contributed by atoms with Crippen molar-refractivity contribution in [1.82, 2.24) is 0 Å². The maximum Gasteiger partial charge on any atom is 0.129 e. The highest BCUT2D eigenvalue weighted by molar-refractivity contribution is 5.27. The first kappa shape index (κ1) is 19.6. The first-order valence-corrected chi connectivity index (χ1v) is 10.6. The third-order valence-electron chi connectivity index (χ3n) is 6.96. The van der Waals surface area contributed by atoms with Gasteiger partial charge in [0.25, 0.3) is 0 Å². The van der Waals surface area contributed by atoms with E-state index in [0.717, 1.165) is 17.8 Å². The van der Waals surface area contributed by atoms with Crippen molar-refractivity contribution in [3.63, 3.8) is 0 Å². The van der Waals surface area contributed by atoms with E-state index in [9.17, 15) is 4.39 Å². The van der Waals surface area contributed by atoms with Crippen LogP contribution in [0, 0.1) is 23.6 Å². The number of halogens is 1. The largest absolute Gasteiger partial charge is 0.380 e. The third kappa shape index (κ3) is 4.97. The van der Waals surface area contributed by atoms with Gasteiger partial charge in [-0.25, -0.2) is 4.39 Å². The van der Waals surface area contributed by atoms with E-state index in [2.05, 4.69) is 18.7 Å². The summed E-state index contributed by atoms with van der Waals surface area (Å²) in [4.78, 5) is 0. The van der Waals surface area contributed by atoms with Gasteiger partial charge in [-0.05, 0) is 86.7 Å². The molecule has 1 nitrogen and oxygen atoms in total. The SMILES string of the molecule is C=CCCC1CCC(C2CCC(c3ccc(COC)c(F)c3)CC2)CC1. The fourth-order valence-electron chi connectivity index (χ4n) is 5.32. The van der Waals surface area contributed by atoms with Crippen molar-refractivity contribution < 1.29 is 9.13 Å². The molecule has 0 amide bonds. The van der Waals surface area contributed by atoms with E-state index in [0.29, 0.717) is 18.1 Å². The van der Waals surface area contributed by atoms with Gasteiger partial charge in [-0.15, -0.1) is 6.58 Å². The molecule has 0 heterocycles. The lowest BCUT2D eigenvalue weighted by Crippen LogP contribution is -2.25. The van der Waals surface area contributed by atoms with Gasteiger partial charge < -0.3 is 4.74 Å². The van der Waals surface area contributed by atoms with Crippen molar-refractivity contribution in [3.05, 3.63) is 47.8 Å². The second-order valence-corrected chi connectivity index (χ2v) is 8.54. The molecule has 0 saturated heterocycles. The number of ether oxygens (including phenoxy) is 1. The smallest absolute Gasteiger partial charge is 0.129 e. The van der Waals surface area contributed by atoms with Gasteiger partial charge >= 0.3 is 0 Å². The first-order valence-electron chi connectivity index (χ1n) is 10.6. The minimum atomic E-state index is -0.107. The van der Waals surface area contributed by atoms with Gasteiger partial charge in [-0.1, -0.05) is 31.1 Å². The first-order chi connectivity index (χ1) is 12.7. The van der Waals surface area contributed by atoms with Crippen molar-refractivity contribution in [2.75, 3.05) is 7.11 Å². The van der Waals surface area contributed by atoms with Gasteiger partial charge in [-0.2, -0.15) is 0 Å². The predicted molar refractivity (Wildman–Crippen MR) is 107 cm³/mol. The van der Waals surface area contributed by atoms with Crippen LogP contribution < -0.4 is 0 Å². The molecule has 0 aliphatic heterocycles. The van der Waals surface area contributed by atoms with Crippen LogP contribution in [0.4, 0.5) is 4.39 Å². The van der Waals surface area contributed by atoms with E-state index in [1.165, 1.54) is 69.8 Å². The van der Waals surface area contributed by atoms with Crippen molar-refractivity contribution in [1.29, 1.82) is 0 Å². The maximum absolute atomic E-state index is 14.2. The van der Waals surface area contributed by atoms with Crippen LogP contribution in [0.25, 0.3) is 0 Å². The molecule has 26 heavy (non-hydrogen) atoms. The Hall–Kier alpha value is -1.15. The van der Waals surface area contributed by atoms with Crippen LogP contribution in [-0.4, -0.2) is 7.11 Å². The summed E-state index contributed by atoms with van der Waals surface area (Å²) in [7, 11) is 1.61. The summed E-state index contributed by atoms with van der Waals surface area (Å²) >= 11 is 0. The lowest BCUT2D eigenvalue weighted by molar-refractivity contribution is 0.157. The Morgan fingerprint density at radius 2 is 1.69 bits per heavy atom. The van der Waals surface area contributed by atoms with Crippen LogP contribution in [0.15, 0.2) is 30.9 Å². The van der Waals surface area contributed by atoms with Gasteiger partial charge in [0, 0.05) is 12.7 Å². The molecule has 3 rings (SSSR count). The van der Waals surface area contributed by atoms with Gasteiger partial charge in [0.05, 0.1) is 6.61 Å². The van der Waals surface area contributed by atoms with E-state index in [1.54, 1.807) is 13.2 Å². The highest BCUT2D eigenvalue weighted by atomic mass is 19.1. The number of rotatable bonds is 7. The zero-order valence-corrected chi connectivity index (χ0v) is 16.4. The van der Waals surface area contributed by atoms with Gasteiger partial charge in [0.2, 0.25) is 0 Å². The fourth-order valence-corrected chi connectivity index (χ4v) is 5.32. The minimum Gasteiger partial charge on any atom is -0.380 e. The Kier molecular flexibility index (Phi) is 7.31. The number of methoxy groups -OCH3 is 1. The van der Waals surface area contributed by atoms with Crippen molar-refractivity contribution >= 4 is 0 Å². The van der Waals surface area contributed by atoms with Crippen LogP contribution in [-0.2, 0) is 11.3 Å². The molecule has 2 saturated carbocycles. The molecule has 144 valence electrons. The Balaban J connectivity index is 1.47. The van der Waals surface area contributed by atoms with Crippen molar-refractivity contribution in [2.45, 2.75) is 76.7 Å². The summed E-state index contributed by atoms with van der Waals surface area (Å²) in [5.41, 5.74) is 1.85. The molecule has 0 atom stereocenters. The van der Waals surface area contributed by atoms with Crippen molar-refractivity contribution in [3.8, 4) is 0 Å². The number of hydrogen-bond donors (Lipinski definition) is 0. The van der Waals surface area contributed by atoms with E-state index >= 15 is 0 Å². The second kappa shape index (κ2) is 9.69. The van der Waals surface area contributed by atoms with Crippen LogP contribution >= 0.6 is 0 Å². The summed E-state index contributed by atoms with van der Waals surface area (Å²) in [6.07, 6.45) is 15.4. The van der Waals surface area contributed by atoms with Crippen LogP contribution in [0.5, 0.6) is 0 Å². The molecule has 0 bridgehead atoms. The van der Waals surface area contributed by atoms with Crippen LogP contribution in [0.1, 0.15) is 81.3 Å². The zero-order valence-electron chi connectivity index (χ0n) is 16.4. The molecule has 0 unspecified atom stereocenters. The van der Waals surface area contributed by atoms with E-state index in [4.69, 9.17) is 4.74 Å². The summed E-state index contributed by atoms with van der Waals surface area (Å²) in [6.45, 7) is 4.21. The molecule has 0 N–H and O–H groups in total. The number of hydrogen-bond acceptors (Lipinski definition) is 1. The Morgan fingerprint density at radius 3 is 2.27 bits per heavy atom. The van der Waals surface area contributed by atoms with Gasteiger partial charge in [-0.3, -0.25) is 0 Å². The molecule has 2 aliphatic carbocycles. The lowest BCUT2D eigenvalue weighted by atomic mass is 9.68. The highest BCUT2D eigenvalue weighted by Crippen LogP contribution is 2.44. The average molecular weight is 359 g/mol. The number of allylic oxidation sites excluding steroid dienone is 1. The Bertz CT molecular complexity index is 566. The molecular weight excluding hydrogens is 323 g/mol. The molecule has 1 aromatic carbocycles. The highest BCUT2D eigenvalue weighted by Gasteiger charge is 2.31. The predicted octanol–water partition coefficient (Wildman–Crippen LogP) is 7.02. The Morgan fingerprint density at radius 1 is 1.04 bits per heavy atom. The molecule has 2 aliphatic rings. The molecule has 2 heteroatoms. The average Bonchev–Trinajstić information content (AvgIpc) is 2.69. The standard InChI is InChI=1S/C24H35FO/c1-3-4-5-18-6-8-19(9-7-18)20-10-12-21(13-11-20)22-14-15-23(17-26-2)24(25)16-22/h3,14-16,18-21H,1,4-13,17H2,2H3. The summed E-state index contributed by atoms with van der Waals surface area (Å²) < 4.78 is 19.3. The molecule has 0 aromatic heterocycles. The van der Waals surface area contributed by atoms with E-state index in [1.807, 2.05) is 6.07 Å². The molecule has 1 aromatic rings. The molecule has 0 radical (unpaired) electrons. The van der Waals surface area contributed by atoms with Crippen LogP contribution in [0.2, 0.25) is 0 Å². The maximum atomic E-state index is 14.2. The molecule has 0 spiro atoms. The third-order valence-corrected chi connectivity index (χ3v) is 6.96. The molecular formula is C24H35FO. The van der Waals surface area contributed by atoms with Gasteiger partial charge in [0.15, 0.2) is 0 Å². The van der Waals surface area contributed by atoms with Crippen LogP contribution in [0.3, 0.4) is 0 Å². The minimum absolute atomic E-state index is 0.107. The molecule has 2 fully saturated rings. The second-order valence-electron chi connectivity index (χ2n) is 8.54. The summed E-state index contributed by atoms with van der Waals surface area (Å²) in [5.74, 6) is 3.22. The quantitative estimate of drug-likeness (QED) is 0.476. The summed E-state index contributed by atoms with van der Waals surface area (Å²) in [5, 5.41) is 0.